The lowest BCUT2D eigenvalue weighted by atomic mass is 9.97. The van der Waals surface area contributed by atoms with E-state index in [0.717, 1.165) is 44.3 Å². The molecule has 1 unspecified atom stereocenters. The van der Waals surface area contributed by atoms with Crippen LogP contribution in [-0.4, -0.2) is 57.3 Å². The molecule has 200 valence electrons. The van der Waals surface area contributed by atoms with Crippen LogP contribution in [0.5, 0.6) is 0 Å². The van der Waals surface area contributed by atoms with E-state index in [-0.39, 0.29) is 12.8 Å². The van der Waals surface area contributed by atoms with Crippen LogP contribution >= 0.6 is 0 Å². The van der Waals surface area contributed by atoms with Crippen LogP contribution in [0.1, 0.15) is 36.4 Å². The van der Waals surface area contributed by atoms with Gasteiger partial charge in [-0.3, -0.25) is 14.4 Å². The molecule has 0 aliphatic heterocycles. The Morgan fingerprint density at radius 2 is 1.37 bits per heavy atom. The monoisotopic (exact) mass is 516 g/mol. The molecule has 0 fully saturated rings. The molecule has 0 aliphatic carbocycles. The third kappa shape index (κ3) is 5.28. The van der Waals surface area contributed by atoms with Crippen LogP contribution in [0.3, 0.4) is 0 Å². The van der Waals surface area contributed by atoms with E-state index in [1.54, 1.807) is 20.9 Å². The number of aryl methyl sites for hydroxylation is 2. The second-order valence-electron chi connectivity index (χ2n) is 10.6. The zero-order valence-electron chi connectivity index (χ0n) is 22.5. The van der Waals surface area contributed by atoms with Gasteiger partial charge in [-0.2, -0.15) is 0 Å². The molecule has 0 spiro atoms. The molecule has 7 N–H and O–H groups in total. The van der Waals surface area contributed by atoms with Crippen LogP contribution in [0.2, 0.25) is 0 Å². The van der Waals surface area contributed by atoms with E-state index in [9.17, 15) is 14.4 Å². The molecule has 0 saturated heterocycles. The highest BCUT2D eigenvalue weighted by Gasteiger charge is 2.35. The van der Waals surface area contributed by atoms with E-state index in [1.807, 2.05) is 62.4 Å². The van der Waals surface area contributed by atoms with Crippen molar-refractivity contribution < 1.29 is 14.4 Å². The standard InChI is InChI=1S/C29H36N6O3/c1-16-20(18-10-6-8-12-22(18)32-16)14-24(34-28(38)29(3,4)31)27(37)35(5)25(26(30)36)15-21-17(2)33-23-13-9-7-11-19(21)23/h6-13,24-25,32-33H,14-15,31H2,1-5H3,(H2,30,36)(H,34,38)/t24-,25?/m1/s1. The van der Waals surface area contributed by atoms with Gasteiger partial charge in [0.05, 0.1) is 5.54 Å². The smallest absolute Gasteiger partial charge is 0.245 e. The molecule has 0 saturated carbocycles. The van der Waals surface area contributed by atoms with Crippen LogP contribution in [0, 0.1) is 13.8 Å². The Bertz CT molecular complexity index is 1510. The summed E-state index contributed by atoms with van der Waals surface area (Å²) in [5.74, 6) is -1.52. The highest BCUT2D eigenvalue weighted by atomic mass is 16.2. The van der Waals surface area contributed by atoms with Crippen molar-refractivity contribution in [3.63, 3.8) is 0 Å². The fourth-order valence-corrected chi connectivity index (χ4v) is 4.97. The van der Waals surface area contributed by atoms with Crippen molar-refractivity contribution in [3.8, 4) is 0 Å². The number of aromatic nitrogens is 2. The first-order chi connectivity index (χ1) is 17.9. The SMILES string of the molecule is Cc1[nH]c2ccccc2c1CC(C(N)=O)N(C)C(=O)[C@@H](Cc1c(C)[nH]c2ccccc12)NC(=O)C(C)(C)N. The average molecular weight is 517 g/mol. The summed E-state index contributed by atoms with van der Waals surface area (Å²) >= 11 is 0. The number of para-hydroxylation sites is 2. The van der Waals surface area contributed by atoms with Gasteiger partial charge in [0.2, 0.25) is 17.7 Å². The van der Waals surface area contributed by atoms with Crippen LogP contribution in [-0.2, 0) is 27.2 Å². The highest BCUT2D eigenvalue weighted by Crippen LogP contribution is 2.26. The van der Waals surface area contributed by atoms with Crippen molar-refractivity contribution in [2.24, 2.45) is 11.5 Å². The molecule has 9 heteroatoms. The molecule has 2 aromatic heterocycles. The predicted octanol–water partition coefficient (Wildman–Crippen LogP) is 2.59. The van der Waals surface area contributed by atoms with E-state index in [2.05, 4.69) is 15.3 Å². The number of nitrogens with one attached hydrogen (secondary N) is 3. The Hall–Kier alpha value is -4.11. The summed E-state index contributed by atoms with van der Waals surface area (Å²) in [6.07, 6.45) is 0.459. The number of hydrogen-bond acceptors (Lipinski definition) is 4. The Morgan fingerprint density at radius 1 is 0.895 bits per heavy atom. The van der Waals surface area contributed by atoms with Crippen LogP contribution in [0.4, 0.5) is 0 Å². The number of H-pyrrole nitrogens is 2. The summed E-state index contributed by atoms with van der Waals surface area (Å²) in [5.41, 5.74) is 16.2. The van der Waals surface area contributed by atoms with Crippen molar-refractivity contribution in [3.05, 3.63) is 71.0 Å². The van der Waals surface area contributed by atoms with Crippen LogP contribution < -0.4 is 16.8 Å². The molecule has 9 nitrogen and oxygen atoms in total. The van der Waals surface area contributed by atoms with E-state index in [4.69, 9.17) is 11.5 Å². The van der Waals surface area contributed by atoms with Gasteiger partial charge in [0.15, 0.2) is 0 Å². The number of amides is 3. The summed E-state index contributed by atoms with van der Waals surface area (Å²) in [6, 6.07) is 13.7. The largest absolute Gasteiger partial charge is 0.368 e. The van der Waals surface area contributed by atoms with E-state index < -0.39 is 35.3 Å². The zero-order valence-corrected chi connectivity index (χ0v) is 22.5. The fraction of sp³-hybridized carbons (Fsp3) is 0.345. The first-order valence-corrected chi connectivity index (χ1v) is 12.7. The number of likely N-dealkylation sites (N-methyl/N-ethyl adjacent to an activating group) is 1. The molecule has 2 heterocycles. The lowest BCUT2D eigenvalue weighted by Gasteiger charge is -2.31. The number of fused-ring (bicyclic) bond motifs is 2. The Balaban J connectivity index is 1.68. The van der Waals surface area contributed by atoms with Gasteiger partial charge in [0, 0.05) is 53.1 Å². The Morgan fingerprint density at radius 3 is 1.84 bits per heavy atom. The molecule has 2 aromatic carbocycles. The maximum absolute atomic E-state index is 13.9. The molecule has 0 aliphatic rings. The average Bonchev–Trinajstić information content (AvgIpc) is 3.35. The van der Waals surface area contributed by atoms with Gasteiger partial charge in [-0.15, -0.1) is 0 Å². The van der Waals surface area contributed by atoms with Crippen molar-refractivity contribution >= 4 is 39.5 Å². The molecule has 4 rings (SSSR count). The molecular formula is C29H36N6O3. The molecule has 38 heavy (non-hydrogen) atoms. The minimum absolute atomic E-state index is 0.221. The first-order valence-electron chi connectivity index (χ1n) is 12.7. The minimum Gasteiger partial charge on any atom is -0.368 e. The summed E-state index contributed by atoms with van der Waals surface area (Å²) in [7, 11) is 1.55. The van der Waals surface area contributed by atoms with Gasteiger partial charge in [-0.1, -0.05) is 36.4 Å². The number of rotatable bonds is 9. The van der Waals surface area contributed by atoms with Crippen molar-refractivity contribution in [2.45, 2.75) is 58.2 Å². The van der Waals surface area contributed by atoms with Crippen LogP contribution in [0.25, 0.3) is 21.8 Å². The van der Waals surface area contributed by atoms with Gasteiger partial charge in [-0.25, -0.2) is 0 Å². The quantitative estimate of drug-likeness (QED) is 0.232. The number of aromatic amines is 2. The van der Waals surface area contributed by atoms with E-state index >= 15 is 0 Å². The second-order valence-corrected chi connectivity index (χ2v) is 10.6. The van der Waals surface area contributed by atoms with E-state index in [1.165, 1.54) is 4.90 Å². The number of carbonyl (C=O) groups is 3. The molecule has 4 aromatic rings. The number of carbonyl (C=O) groups excluding carboxylic acids is 3. The summed E-state index contributed by atoms with van der Waals surface area (Å²) in [5, 5.41) is 4.77. The van der Waals surface area contributed by atoms with Crippen LogP contribution in [0.15, 0.2) is 48.5 Å². The second kappa shape index (κ2) is 10.3. The number of benzene rings is 2. The number of primary amides is 1. The first kappa shape index (κ1) is 26.9. The maximum atomic E-state index is 13.9. The molecular weight excluding hydrogens is 480 g/mol. The number of nitrogens with two attached hydrogens (primary N) is 2. The zero-order chi connectivity index (χ0) is 27.8. The van der Waals surface area contributed by atoms with Gasteiger partial charge in [0.1, 0.15) is 12.1 Å². The summed E-state index contributed by atoms with van der Waals surface area (Å²) in [4.78, 5) is 47.6. The normalized spacial score (nSPS) is 13.4. The van der Waals surface area contributed by atoms with Gasteiger partial charge in [-0.05, 0) is 51.0 Å². The van der Waals surface area contributed by atoms with Gasteiger partial charge >= 0.3 is 0 Å². The number of nitrogens with zero attached hydrogens (tertiary/aromatic N) is 1. The van der Waals surface area contributed by atoms with Crippen molar-refractivity contribution in [2.75, 3.05) is 7.05 Å². The molecule has 3 amide bonds. The minimum atomic E-state index is -1.20. The fourth-order valence-electron chi connectivity index (χ4n) is 4.97. The third-order valence-electron chi connectivity index (χ3n) is 7.19. The molecule has 0 bridgehead atoms. The third-order valence-corrected chi connectivity index (χ3v) is 7.19. The lowest BCUT2D eigenvalue weighted by Crippen LogP contribution is -2.59. The maximum Gasteiger partial charge on any atom is 0.245 e. The lowest BCUT2D eigenvalue weighted by molar-refractivity contribution is -0.141. The van der Waals surface area contributed by atoms with E-state index in [0.29, 0.717) is 0 Å². The molecule has 2 atom stereocenters. The number of hydrogen-bond donors (Lipinski definition) is 5. The van der Waals surface area contributed by atoms with Gasteiger partial charge in [0.25, 0.3) is 0 Å². The van der Waals surface area contributed by atoms with Crippen molar-refractivity contribution in [1.82, 2.24) is 20.2 Å². The van der Waals surface area contributed by atoms with Crippen molar-refractivity contribution in [1.29, 1.82) is 0 Å². The Labute approximate surface area is 221 Å². The summed E-state index contributed by atoms with van der Waals surface area (Å²) in [6.45, 7) is 7.02. The van der Waals surface area contributed by atoms with Gasteiger partial charge < -0.3 is 31.7 Å². The summed E-state index contributed by atoms with van der Waals surface area (Å²) < 4.78 is 0. The Kier molecular flexibility index (Phi) is 7.33. The topological polar surface area (TPSA) is 150 Å². The highest BCUT2D eigenvalue weighted by molar-refractivity contribution is 5.95. The predicted molar refractivity (Wildman–Crippen MR) is 149 cm³/mol. The molecule has 0 radical (unpaired) electrons.